The number of halogens is 3. The van der Waals surface area contributed by atoms with Gasteiger partial charge in [-0.3, -0.25) is 52.9 Å². The minimum absolute atomic E-state index is 0.0298. The molecule has 10 amide bonds. The van der Waals surface area contributed by atoms with Gasteiger partial charge in [-0.15, -0.1) is 0 Å². The normalized spacial score (nSPS) is 23.1. The fourth-order valence-corrected chi connectivity index (χ4v) is 9.46. The molecule has 1 unspecified atom stereocenters. The number of anilines is 1. The number of primary amides is 1. The number of cyclic esters (lactones) is 1. The summed E-state index contributed by atoms with van der Waals surface area (Å²) >= 11 is 5.60. The van der Waals surface area contributed by atoms with Gasteiger partial charge in [0.1, 0.15) is 48.3 Å². The molecule has 1 saturated heterocycles. The molecular formula is C61H92F3N15O18S. The van der Waals surface area contributed by atoms with Crippen molar-refractivity contribution in [1.82, 2.24) is 53.2 Å². The number of carboxylic acid groups (broad SMARTS) is 1. The van der Waals surface area contributed by atoms with Crippen LogP contribution < -0.4 is 75.7 Å². The van der Waals surface area contributed by atoms with Crippen molar-refractivity contribution in [1.29, 1.82) is 0 Å². The van der Waals surface area contributed by atoms with Crippen LogP contribution >= 0.6 is 12.2 Å². The van der Waals surface area contributed by atoms with Gasteiger partial charge < -0.3 is 106 Å². The number of hydrogen-bond acceptors (Lipinski definition) is 19. The van der Waals surface area contributed by atoms with Gasteiger partial charge in [-0.1, -0.05) is 110 Å². The van der Waals surface area contributed by atoms with Gasteiger partial charge in [0.25, 0.3) is 0 Å². The van der Waals surface area contributed by atoms with Gasteiger partial charge in [0.15, 0.2) is 29.3 Å². The Kier molecular flexibility index (Phi) is 35.5. The van der Waals surface area contributed by atoms with E-state index >= 15 is 4.79 Å². The van der Waals surface area contributed by atoms with Gasteiger partial charge in [-0.05, 0) is 86.2 Å². The summed E-state index contributed by atoms with van der Waals surface area (Å²) in [6.07, 6.45) is -13.1. The van der Waals surface area contributed by atoms with Crippen LogP contribution in [-0.4, -0.2) is 206 Å². The molecule has 0 saturated carbocycles. The number of aliphatic hydroxyl groups excluding tert-OH is 4. The summed E-state index contributed by atoms with van der Waals surface area (Å²) in [5, 5.41) is 78.8. The van der Waals surface area contributed by atoms with Crippen molar-refractivity contribution < 1.29 is 101 Å². The van der Waals surface area contributed by atoms with E-state index in [9.17, 15) is 81.5 Å². The number of esters is 1. The van der Waals surface area contributed by atoms with Crippen molar-refractivity contribution in [2.45, 2.75) is 179 Å². The number of carboxylic acids is 1. The summed E-state index contributed by atoms with van der Waals surface area (Å²) in [6, 6.07) is -0.480. The number of nitrogens with two attached hydrogens (primary N) is 3. The largest absolute Gasteiger partial charge is 0.490 e. The smallest absolute Gasteiger partial charge is 0.475 e. The lowest BCUT2D eigenvalue weighted by Crippen LogP contribution is -2.64. The number of guanidine groups is 1. The van der Waals surface area contributed by atoms with Crippen LogP contribution in [0.1, 0.15) is 106 Å². The Bertz CT molecular complexity index is 3080. The summed E-state index contributed by atoms with van der Waals surface area (Å²) in [7, 11) is 0. The molecule has 0 spiro atoms. The van der Waals surface area contributed by atoms with Crippen molar-refractivity contribution in [3.05, 3.63) is 66.2 Å². The first-order valence-electron chi connectivity index (χ1n) is 31.1. The fourth-order valence-electron chi connectivity index (χ4n) is 9.20. The molecule has 2 aromatic rings. The number of carbonyl (C=O) groups is 12. The van der Waals surface area contributed by atoms with E-state index in [-0.39, 0.29) is 67.1 Å². The lowest BCUT2D eigenvalue weighted by atomic mass is 9.95. The quantitative estimate of drug-likeness (QED) is 0.0191. The van der Waals surface area contributed by atoms with Crippen LogP contribution in [0.5, 0.6) is 0 Å². The number of aliphatic carboxylic acids is 1. The SMILES string of the molecule is CC[C@H](C)[C@@H]1NC(=O)[C@@H](CCCN=C(N)N)NC(=O)[C@H](CC(C)C)NC(=O)[C@H]([C@H](O)C(C)C)NC(=O)[C@@H](NC(=O)[C@H](CC(C)C)NC(=S)Nc2ccccc2)C(c2ccccc2)OC(=O)[C@H](CO)NC(=O)[C@H]([C@H](O)C(N)=O)NC(=O)CNC(=O)[C@H]([C@H](C)O)NC1=O.O=C(O)C(F)(F)F. The number of aliphatic hydroxyl groups is 4. The first-order chi connectivity index (χ1) is 45.7. The molecule has 1 heterocycles. The first kappa shape index (κ1) is 84.8. The summed E-state index contributed by atoms with van der Waals surface area (Å²) in [5.74, 6) is -18.7. The molecule has 0 bridgehead atoms. The Balaban J connectivity index is 0.00000441. The van der Waals surface area contributed by atoms with Gasteiger partial charge in [0.2, 0.25) is 59.1 Å². The second kappa shape index (κ2) is 41.0. The van der Waals surface area contributed by atoms with Crippen molar-refractivity contribution in [2.24, 2.45) is 45.9 Å². The highest BCUT2D eigenvalue weighted by Crippen LogP contribution is 2.25. The lowest BCUT2D eigenvalue weighted by molar-refractivity contribution is -0.192. The highest BCUT2D eigenvalue weighted by atomic mass is 32.1. The average molecular weight is 1410 g/mol. The molecule has 1 fully saturated rings. The Labute approximate surface area is 568 Å². The Morgan fingerprint density at radius 3 is 1.71 bits per heavy atom. The number of thiocarbonyl (C=S) groups is 1. The van der Waals surface area contributed by atoms with Crippen LogP contribution in [-0.2, 0) is 62.3 Å². The molecule has 1 aliphatic rings. The van der Waals surface area contributed by atoms with E-state index in [1.54, 1.807) is 77.9 Å². The molecule has 546 valence electrons. The second-order valence-corrected chi connectivity index (χ2v) is 24.5. The van der Waals surface area contributed by atoms with E-state index in [1.165, 1.54) is 38.1 Å². The van der Waals surface area contributed by atoms with E-state index in [1.807, 2.05) is 5.32 Å². The van der Waals surface area contributed by atoms with Crippen molar-refractivity contribution in [3.63, 3.8) is 0 Å². The zero-order valence-electron chi connectivity index (χ0n) is 55.5. The molecule has 1 aliphatic heterocycles. The second-order valence-electron chi connectivity index (χ2n) is 24.1. The number of alkyl halides is 3. The third kappa shape index (κ3) is 28.8. The molecular weight excluding hydrogens is 1320 g/mol. The van der Waals surface area contributed by atoms with Gasteiger partial charge in [-0.25, -0.2) is 9.59 Å². The number of amides is 10. The molecule has 0 aromatic heterocycles. The average Bonchev–Trinajstić information content (AvgIpc) is 0.823. The lowest BCUT2D eigenvalue weighted by Gasteiger charge is -2.34. The molecule has 37 heteroatoms. The third-order valence-corrected chi connectivity index (χ3v) is 14.9. The minimum atomic E-state index is -5.08. The maximum Gasteiger partial charge on any atom is 0.490 e. The van der Waals surface area contributed by atoms with Crippen molar-refractivity contribution in [2.75, 3.05) is 25.0 Å². The van der Waals surface area contributed by atoms with E-state index in [2.05, 4.69) is 58.2 Å². The van der Waals surface area contributed by atoms with Crippen LogP contribution in [0.15, 0.2) is 65.7 Å². The number of para-hydroxylation sites is 1. The number of benzene rings is 2. The molecule has 0 radical (unpaired) electrons. The maximum atomic E-state index is 15.4. The van der Waals surface area contributed by atoms with E-state index in [0.717, 1.165) is 6.92 Å². The standard InChI is InChI=1S/C59H91N15O16S.C2HF3O2/c1-10-31(8)40-53(85)72-41(32(9)76)52(84)64-26-39(77)70-43(46(79)48(60)80)55(87)68-38(27-75)57(89)90-47(33-18-13-11-14-19-33)44(74-51(83)37(25-29(4)5)69-59(91)65-34-20-15-12-16-21-34)56(88)73-42(45(78)30(6)7)54(86)67-36(24-28(2)3)50(82)66-35(49(81)71-40)22-17-23-63-58(61)62;3-2(4,5)1(6)7/h11-16,18-21,28-32,35-38,40-47,75-76,78-79H,10,17,22-27H2,1-9H3,(H2,60,80)(H,64,84)(H,66,82)(H,67,86)(H,68,87)(H,70,77)(H,71,81)(H,72,85)(H,73,88)(H,74,83)(H4,61,62,63)(H2,65,69,91);(H,6,7)/t31-,32-,35+,36-,37-,38-,40-,41-,42-,43-,44-,45+,46-,47?;/m0./s1. The zero-order chi connectivity index (χ0) is 74.5. The molecule has 0 aliphatic carbocycles. The van der Waals surface area contributed by atoms with Gasteiger partial charge in [0.05, 0.1) is 25.4 Å². The zero-order valence-corrected chi connectivity index (χ0v) is 56.3. The topological polar surface area (TPSA) is 538 Å². The van der Waals surface area contributed by atoms with Crippen LogP contribution in [0.4, 0.5) is 18.9 Å². The van der Waals surface area contributed by atoms with Crippen LogP contribution in [0.2, 0.25) is 0 Å². The number of nitrogens with one attached hydrogen (secondary N) is 11. The Morgan fingerprint density at radius 2 is 1.20 bits per heavy atom. The summed E-state index contributed by atoms with van der Waals surface area (Å²) in [4.78, 5) is 169. The predicted octanol–water partition coefficient (Wildman–Crippen LogP) is -3.30. The molecule has 14 atom stereocenters. The first-order valence-corrected chi connectivity index (χ1v) is 31.5. The number of nitrogens with zero attached hydrogens (tertiary/aromatic N) is 1. The number of rotatable bonds is 21. The summed E-state index contributed by atoms with van der Waals surface area (Å²) < 4.78 is 37.7. The molecule has 3 rings (SSSR count). The highest BCUT2D eigenvalue weighted by Gasteiger charge is 2.44. The van der Waals surface area contributed by atoms with Gasteiger partial charge >= 0.3 is 18.1 Å². The Morgan fingerprint density at radius 1 is 0.684 bits per heavy atom. The van der Waals surface area contributed by atoms with E-state index < -0.39 is 181 Å². The van der Waals surface area contributed by atoms with Crippen molar-refractivity contribution >= 4 is 100.0 Å². The molecule has 33 nitrogen and oxygen atoms in total. The molecule has 22 N–H and O–H groups in total. The maximum absolute atomic E-state index is 15.4. The number of hydrogen-bond donors (Lipinski definition) is 19. The number of ether oxygens (including phenoxy) is 1. The van der Waals surface area contributed by atoms with E-state index in [4.69, 9.17) is 44.1 Å². The highest BCUT2D eigenvalue weighted by molar-refractivity contribution is 7.80. The van der Waals surface area contributed by atoms with E-state index in [0.29, 0.717) is 5.69 Å². The number of carbonyl (C=O) groups excluding carboxylic acids is 11. The van der Waals surface area contributed by atoms with Gasteiger partial charge in [0, 0.05) is 12.2 Å². The fraction of sp³-hybridized carbons (Fsp3) is 0.574. The monoisotopic (exact) mass is 1410 g/mol. The predicted molar refractivity (Wildman–Crippen MR) is 350 cm³/mol. The van der Waals surface area contributed by atoms with Crippen LogP contribution in [0, 0.1) is 23.7 Å². The minimum Gasteiger partial charge on any atom is -0.475 e. The van der Waals surface area contributed by atoms with Crippen molar-refractivity contribution in [3.8, 4) is 0 Å². The van der Waals surface area contributed by atoms with Crippen LogP contribution in [0.25, 0.3) is 0 Å². The number of aliphatic imine (C=N–C) groups is 1. The van der Waals surface area contributed by atoms with Crippen LogP contribution in [0.3, 0.4) is 0 Å². The molecule has 98 heavy (non-hydrogen) atoms. The molecule has 2 aromatic carbocycles. The Hall–Kier alpha value is -9.33. The summed E-state index contributed by atoms with van der Waals surface area (Å²) in [6.45, 7) is 12.0. The third-order valence-electron chi connectivity index (χ3n) is 14.6. The summed E-state index contributed by atoms with van der Waals surface area (Å²) in [5.41, 5.74) is 17.0. The van der Waals surface area contributed by atoms with Gasteiger partial charge in [-0.2, -0.15) is 13.2 Å².